The van der Waals surface area contributed by atoms with Crippen LogP contribution in [0.1, 0.15) is 17.5 Å². The van der Waals surface area contributed by atoms with Crippen molar-refractivity contribution in [2.45, 2.75) is 25.8 Å². The van der Waals surface area contributed by atoms with Gasteiger partial charge < -0.3 is 15.0 Å². The second-order valence-corrected chi connectivity index (χ2v) is 7.64. The van der Waals surface area contributed by atoms with Crippen molar-refractivity contribution in [3.63, 3.8) is 0 Å². The molecule has 2 heterocycles. The van der Waals surface area contributed by atoms with E-state index in [0.717, 1.165) is 44.8 Å². The summed E-state index contributed by atoms with van der Waals surface area (Å²) in [4.78, 5) is 4.83. The van der Waals surface area contributed by atoms with E-state index in [2.05, 4.69) is 40.2 Å². The Bertz CT molecular complexity index is 802. The molecule has 0 aromatic heterocycles. The largest absolute Gasteiger partial charge is 0.494 e. The van der Waals surface area contributed by atoms with Crippen LogP contribution in [0.3, 0.4) is 0 Å². The first-order chi connectivity index (χ1) is 13.1. The van der Waals surface area contributed by atoms with Crippen molar-refractivity contribution in [1.82, 2.24) is 4.90 Å². The molecule has 1 unspecified atom stereocenters. The second-order valence-electron chi connectivity index (χ2n) is 7.64. The molecule has 0 aliphatic carbocycles. The lowest BCUT2D eigenvalue weighted by Gasteiger charge is -2.39. The summed E-state index contributed by atoms with van der Waals surface area (Å²) in [5.74, 6) is 0.359. The highest BCUT2D eigenvalue weighted by Gasteiger charge is 2.24. The molecular weight excluding hydrogens is 341 g/mol. The van der Waals surface area contributed by atoms with Crippen molar-refractivity contribution < 1.29 is 9.13 Å². The van der Waals surface area contributed by atoms with Gasteiger partial charge in [0.15, 0.2) is 0 Å². The predicted molar refractivity (Wildman–Crippen MR) is 109 cm³/mol. The van der Waals surface area contributed by atoms with Gasteiger partial charge in [0.25, 0.3) is 0 Å². The zero-order chi connectivity index (χ0) is 18.8. The van der Waals surface area contributed by atoms with Crippen LogP contribution < -0.4 is 15.0 Å². The smallest absolute Gasteiger partial charge is 0.145 e. The molecule has 0 spiro atoms. The minimum atomic E-state index is -0.256. The summed E-state index contributed by atoms with van der Waals surface area (Å²) in [5, 5.41) is 3.74. The van der Waals surface area contributed by atoms with Gasteiger partial charge in [0.05, 0.1) is 12.8 Å². The number of hydrogen-bond acceptors (Lipinski definition) is 4. The fraction of sp³-hybridized carbons (Fsp3) is 0.455. The third-order valence-electron chi connectivity index (χ3n) is 5.72. The Morgan fingerprint density at radius 2 is 1.93 bits per heavy atom. The van der Waals surface area contributed by atoms with E-state index in [1.165, 1.54) is 35.4 Å². The molecule has 1 saturated heterocycles. The zero-order valence-electron chi connectivity index (χ0n) is 16.2. The van der Waals surface area contributed by atoms with E-state index in [-0.39, 0.29) is 5.82 Å². The monoisotopic (exact) mass is 369 g/mol. The molecule has 2 aliphatic heterocycles. The van der Waals surface area contributed by atoms with Crippen LogP contribution >= 0.6 is 0 Å². The molecule has 0 amide bonds. The van der Waals surface area contributed by atoms with Gasteiger partial charge >= 0.3 is 0 Å². The number of hydrogen-bond donors (Lipinski definition) is 1. The Morgan fingerprint density at radius 1 is 1.11 bits per heavy atom. The van der Waals surface area contributed by atoms with E-state index < -0.39 is 0 Å². The highest BCUT2D eigenvalue weighted by Crippen LogP contribution is 2.30. The third-order valence-corrected chi connectivity index (χ3v) is 5.72. The minimum absolute atomic E-state index is 0.256. The standard InChI is InChI=1S/C22H28FN3O/c1-16-3-4-17-5-7-19(24-20(17)13-16)15-25-9-11-26(12-10-25)21-8-6-18(23)14-22(21)27-2/h3-4,6,8,13-14,19,24H,5,7,9-12,15H2,1-2H3. The van der Waals surface area contributed by atoms with Crippen molar-refractivity contribution in [2.75, 3.05) is 50.1 Å². The van der Waals surface area contributed by atoms with Gasteiger partial charge in [0.2, 0.25) is 0 Å². The van der Waals surface area contributed by atoms with Crippen LogP contribution in [0.2, 0.25) is 0 Å². The molecule has 5 heteroatoms. The van der Waals surface area contributed by atoms with E-state index in [1.54, 1.807) is 7.11 Å². The van der Waals surface area contributed by atoms with Gasteiger partial charge in [-0.1, -0.05) is 12.1 Å². The fourth-order valence-electron chi connectivity index (χ4n) is 4.20. The number of fused-ring (bicyclic) bond motifs is 1. The van der Waals surface area contributed by atoms with E-state index >= 15 is 0 Å². The molecule has 2 aromatic carbocycles. The van der Waals surface area contributed by atoms with Crippen LogP contribution in [0.5, 0.6) is 5.75 Å². The maximum atomic E-state index is 13.4. The van der Waals surface area contributed by atoms with Crippen molar-refractivity contribution >= 4 is 11.4 Å². The fourth-order valence-corrected chi connectivity index (χ4v) is 4.20. The molecule has 0 bridgehead atoms. The van der Waals surface area contributed by atoms with Crippen LogP contribution in [0.25, 0.3) is 0 Å². The van der Waals surface area contributed by atoms with E-state index in [9.17, 15) is 4.39 Å². The Kier molecular flexibility index (Phi) is 5.21. The number of nitrogens with zero attached hydrogens (tertiary/aromatic N) is 2. The van der Waals surface area contributed by atoms with Gasteiger partial charge in [-0.25, -0.2) is 4.39 Å². The first-order valence-electron chi connectivity index (χ1n) is 9.79. The first kappa shape index (κ1) is 18.1. The Balaban J connectivity index is 1.34. The maximum absolute atomic E-state index is 13.4. The van der Waals surface area contributed by atoms with Crippen LogP contribution in [-0.4, -0.2) is 50.8 Å². The lowest BCUT2D eigenvalue weighted by Crippen LogP contribution is -2.50. The van der Waals surface area contributed by atoms with Crippen molar-refractivity contribution in [1.29, 1.82) is 0 Å². The summed E-state index contributed by atoms with van der Waals surface area (Å²) in [7, 11) is 1.60. The summed E-state index contributed by atoms with van der Waals surface area (Å²) in [5.41, 5.74) is 5.04. The Labute approximate surface area is 160 Å². The molecule has 0 radical (unpaired) electrons. The summed E-state index contributed by atoms with van der Waals surface area (Å²) in [6.07, 6.45) is 2.34. The number of rotatable bonds is 4. The van der Waals surface area contributed by atoms with Crippen LogP contribution in [0, 0.1) is 12.7 Å². The van der Waals surface area contributed by atoms with Crippen LogP contribution in [0.4, 0.5) is 15.8 Å². The van der Waals surface area contributed by atoms with Crippen LogP contribution in [0.15, 0.2) is 36.4 Å². The number of methoxy groups -OCH3 is 1. The Morgan fingerprint density at radius 3 is 2.70 bits per heavy atom. The Hall–Kier alpha value is -2.27. The highest BCUT2D eigenvalue weighted by molar-refractivity contribution is 5.59. The molecule has 0 saturated carbocycles. The molecule has 2 aromatic rings. The number of anilines is 2. The molecule has 1 fully saturated rings. The number of ether oxygens (including phenoxy) is 1. The van der Waals surface area contributed by atoms with E-state index in [0.29, 0.717) is 11.8 Å². The number of nitrogens with one attached hydrogen (secondary N) is 1. The van der Waals surface area contributed by atoms with E-state index in [4.69, 9.17) is 4.74 Å². The predicted octanol–water partition coefficient (Wildman–Crippen LogP) is 3.69. The van der Waals surface area contributed by atoms with E-state index in [1.807, 2.05) is 6.07 Å². The van der Waals surface area contributed by atoms with Gasteiger partial charge in [-0.3, -0.25) is 4.90 Å². The molecule has 4 nitrogen and oxygen atoms in total. The van der Waals surface area contributed by atoms with Crippen molar-refractivity contribution in [2.24, 2.45) is 0 Å². The summed E-state index contributed by atoms with van der Waals surface area (Å²) < 4.78 is 18.8. The normalized spacial score (nSPS) is 20.1. The van der Waals surface area contributed by atoms with Gasteiger partial charge in [-0.2, -0.15) is 0 Å². The maximum Gasteiger partial charge on any atom is 0.145 e. The van der Waals surface area contributed by atoms with Gasteiger partial charge in [-0.15, -0.1) is 0 Å². The SMILES string of the molecule is COc1cc(F)ccc1N1CCN(CC2CCc3ccc(C)cc3N2)CC1. The molecular formula is C22H28FN3O. The zero-order valence-corrected chi connectivity index (χ0v) is 16.2. The quantitative estimate of drug-likeness (QED) is 0.890. The van der Waals surface area contributed by atoms with Crippen LogP contribution in [-0.2, 0) is 6.42 Å². The number of piperazine rings is 1. The van der Waals surface area contributed by atoms with Gasteiger partial charge in [-0.05, 0) is 49.1 Å². The topological polar surface area (TPSA) is 27.7 Å². The molecule has 27 heavy (non-hydrogen) atoms. The molecule has 4 rings (SSSR count). The highest BCUT2D eigenvalue weighted by atomic mass is 19.1. The molecule has 2 aliphatic rings. The minimum Gasteiger partial charge on any atom is -0.494 e. The second kappa shape index (κ2) is 7.77. The lowest BCUT2D eigenvalue weighted by molar-refractivity contribution is 0.242. The summed E-state index contributed by atoms with van der Waals surface area (Å²) >= 11 is 0. The van der Waals surface area contributed by atoms with Crippen molar-refractivity contribution in [3.05, 3.63) is 53.3 Å². The molecule has 1 N–H and O–H groups in total. The molecule has 1 atom stereocenters. The molecule has 144 valence electrons. The number of benzene rings is 2. The van der Waals surface area contributed by atoms with Gasteiger partial charge in [0.1, 0.15) is 11.6 Å². The van der Waals surface area contributed by atoms with Crippen molar-refractivity contribution in [3.8, 4) is 5.75 Å². The summed E-state index contributed by atoms with van der Waals surface area (Å²) in [6.45, 7) is 7.11. The first-order valence-corrected chi connectivity index (χ1v) is 9.79. The third kappa shape index (κ3) is 4.03. The van der Waals surface area contributed by atoms with Gasteiger partial charge in [0, 0.05) is 50.5 Å². The lowest BCUT2D eigenvalue weighted by atomic mass is 9.96. The number of aryl methyl sites for hydroxylation is 2. The number of halogens is 1. The average Bonchev–Trinajstić information content (AvgIpc) is 2.68. The summed E-state index contributed by atoms with van der Waals surface area (Å²) in [6, 6.07) is 12.0. The average molecular weight is 369 g/mol.